The molecule has 0 bridgehead atoms. The number of hydrogen-bond donors (Lipinski definition) is 6. The van der Waals surface area contributed by atoms with E-state index in [4.69, 9.17) is 29.9 Å². The highest BCUT2D eigenvalue weighted by atomic mass is 32.2. The Morgan fingerprint density at radius 2 is 1.47 bits per heavy atom. The van der Waals surface area contributed by atoms with Crippen LogP contribution < -0.4 is 5.73 Å². The third-order valence-corrected chi connectivity index (χ3v) is 11.0. The van der Waals surface area contributed by atoms with Crippen LogP contribution in [0.25, 0.3) is 0 Å². The number of aliphatic carboxylic acids is 1. The number of ether oxygens (including phenoxy) is 2. The molecule has 16 heteroatoms. The summed E-state index contributed by atoms with van der Waals surface area (Å²) in [5, 5.41) is 37.8. The molecule has 0 aliphatic carbocycles. The Morgan fingerprint density at radius 3 is 2.14 bits per heavy atom. The smallest absolute Gasteiger partial charge is 0.472 e. The summed E-state index contributed by atoms with van der Waals surface area (Å²) in [6, 6.07) is -1.24. The van der Waals surface area contributed by atoms with Crippen LogP contribution in [0.4, 0.5) is 0 Å². The maximum Gasteiger partial charge on any atom is 0.472 e. The fourth-order valence-electron chi connectivity index (χ4n) is 5.25. The van der Waals surface area contributed by atoms with Crippen LogP contribution in [0.2, 0.25) is 0 Å². The van der Waals surface area contributed by atoms with Gasteiger partial charge in [0.15, 0.2) is 6.10 Å². The van der Waals surface area contributed by atoms with E-state index < -0.39 is 81.8 Å². The van der Waals surface area contributed by atoms with Crippen LogP contribution in [-0.2, 0) is 37.5 Å². The van der Waals surface area contributed by atoms with Crippen molar-refractivity contribution in [3.05, 3.63) is 48.6 Å². The van der Waals surface area contributed by atoms with Crippen molar-refractivity contribution in [2.24, 2.45) is 11.7 Å². The number of carbonyl (C=O) groups excluding carboxylic acids is 2. The number of phosphoric acid groups is 1. The number of rotatable bonds is 38. The Balaban J connectivity index is 5.36. The average molecular weight is 864 g/mol. The summed E-state index contributed by atoms with van der Waals surface area (Å²) in [6.45, 7) is 3.97. The van der Waals surface area contributed by atoms with Gasteiger partial charge >= 0.3 is 25.7 Å². The number of phosphoric ester groups is 1. The van der Waals surface area contributed by atoms with E-state index in [1.54, 1.807) is 18.2 Å². The van der Waals surface area contributed by atoms with Gasteiger partial charge in [0, 0.05) is 23.8 Å². The molecule has 0 fully saturated rings. The second-order valence-electron chi connectivity index (χ2n) is 14.7. The standard InChI is InChI=1S/C42H74NO13PS/c1-4-5-6-7-8-9-10-11-12-15-18-21-26-39(38(46)25-23-27-40(47)48)58-33-37(43)42(50)56-36(32-55-57(51,52)54-30-35(45)29-44)31-53-41(49)28-22-19-16-13-14-17-20-24-34(2)3/h8-9,11-12,15,18,21,26,34-39,44-46H,4-7,10,13-14,16-17,19-20,22-25,27-33,43H2,1-3H3,(H,47,48)(H,51,52)/b9-8-,12-11-,18-15+,26-21+/t35-,36+,37-,38-,39+/m0/s1. The van der Waals surface area contributed by atoms with Crippen LogP contribution in [0, 0.1) is 5.92 Å². The van der Waals surface area contributed by atoms with E-state index in [0.717, 1.165) is 38.5 Å². The van der Waals surface area contributed by atoms with Crippen molar-refractivity contribution in [1.82, 2.24) is 0 Å². The third kappa shape index (κ3) is 34.5. The van der Waals surface area contributed by atoms with Gasteiger partial charge in [-0.3, -0.25) is 23.4 Å². The SMILES string of the molecule is CCCCC/C=C\C\C=C/C=C/C=C/[C@@H](SC[C@H](N)C(=O)O[C@H](COC(=O)CCCCCCCCCC(C)C)COP(=O)(O)OC[C@@H](O)CO)[C@@H](O)CCCC(=O)O. The summed E-state index contributed by atoms with van der Waals surface area (Å²) in [4.78, 5) is 46.7. The molecular weight excluding hydrogens is 789 g/mol. The zero-order chi connectivity index (χ0) is 43.4. The van der Waals surface area contributed by atoms with Crippen LogP contribution in [0.15, 0.2) is 48.6 Å². The molecule has 0 aliphatic heterocycles. The van der Waals surface area contributed by atoms with Crippen molar-refractivity contribution in [2.45, 2.75) is 160 Å². The van der Waals surface area contributed by atoms with Crippen molar-refractivity contribution in [3.8, 4) is 0 Å². The minimum Gasteiger partial charge on any atom is -0.481 e. The van der Waals surface area contributed by atoms with Gasteiger partial charge < -0.3 is 40.5 Å². The molecular formula is C42H74NO13PS. The van der Waals surface area contributed by atoms with Gasteiger partial charge in [0.05, 0.1) is 25.9 Å². The second kappa shape index (κ2) is 36.5. The second-order valence-corrected chi connectivity index (χ2v) is 17.4. The van der Waals surface area contributed by atoms with E-state index in [0.29, 0.717) is 12.3 Å². The first-order valence-electron chi connectivity index (χ1n) is 20.9. The number of carboxylic acids is 1. The molecule has 0 aromatic rings. The maximum absolute atomic E-state index is 13.1. The predicted molar refractivity (Wildman–Crippen MR) is 229 cm³/mol. The fourth-order valence-corrected chi connectivity index (χ4v) is 7.16. The lowest BCUT2D eigenvalue weighted by molar-refractivity contribution is -0.161. The number of carbonyl (C=O) groups is 3. The van der Waals surface area contributed by atoms with E-state index >= 15 is 0 Å². The van der Waals surface area contributed by atoms with Crippen LogP contribution in [0.3, 0.4) is 0 Å². The highest BCUT2D eigenvalue weighted by Gasteiger charge is 2.29. The molecule has 0 saturated heterocycles. The Morgan fingerprint density at radius 1 is 0.793 bits per heavy atom. The van der Waals surface area contributed by atoms with Crippen molar-refractivity contribution in [1.29, 1.82) is 0 Å². The van der Waals surface area contributed by atoms with Crippen molar-refractivity contribution >= 4 is 37.5 Å². The number of carboxylic acid groups (broad SMARTS) is 1. The van der Waals surface area contributed by atoms with E-state index in [2.05, 4.69) is 37.4 Å². The normalized spacial score (nSPS) is 15.9. The lowest BCUT2D eigenvalue weighted by atomic mass is 10.0. The van der Waals surface area contributed by atoms with E-state index in [-0.39, 0.29) is 31.4 Å². The summed E-state index contributed by atoms with van der Waals surface area (Å²) >= 11 is 1.17. The van der Waals surface area contributed by atoms with Crippen molar-refractivity contribution in [2.75, 3.05) is 32.2 Å². The third-order valence-electron chi connectivity index (χ3n) is 8.66. The molecule has 0 spiro atoms. The molecule has 0 aromatic carbocycles. The summed E-state index contributed by atoms with van der Waals surface area (Å²) in [5.74, 6) is -1.77. The zero-order valence-corrected chi connectivity index (χ0v) is 36.8. The van der Waals surface area contributed by atoms with Crippen LogP contribution in [0.1, 0.15) is 130 Å². The van der Waals surface area contributed by atoms with Gasteiger partial charge in [-0.2, -0.15) is 0 Å². The molecule has 0 heterocycles. The summed E-state index contributed by atoms with van der Waals surface area (Å²) in [7, 11) is -4.77. The Labute approximate surface area is 351 Å². The quantitative estimate of drug-likeness (QED) is 0.0117. The number of hydrogen-bond acceptors (Lipinski definition) is 13. The lowest BCUT2D eigenvalue weighted by Gasteiger charge is -2.23. The van der Waals surface area contributed by atoms with Crippen molar-refractivity contribution < 1.29 is 62.8 Å². The molecule has 0 amide bonds. The van der Waals surface area contributed by atoms with Gasteiger partial charge in [0.2, 0.25) is 0 Å². The number of aliphatic hydroxyl groups excluding tert-OH is 3. The molecule has 0 aliphatic rings. The van der Waals surface area contributed by atoms with Gasteiger partial charge in [0.25, 0.3) is 0 Å². The number of aliphatic hydroxyl groups is 3. The highest BCUT2D eigenvalue weighted by Crippen LogP contribution is 2.43. The molecule has 336 valence electrons. The maximum atomic E-state index is 13.1. The van der Waals surface area contributed by atoms with Gasteiger partial charge in [-0.25, -0.2) is 4.57 Å². The monoisotopic (exact) mass is 863 g/mol. The summed E-state index contributed by atoms with van der Waals surface area (Å²) < 4.78 is 32.7. The number of unbranched alkanes of at least 4 members (excludes halogenated alkanes) is 9. The van der Waals surface area contributed by atoms with Gasteiger partial charge in [-0.1, -0.05) is 127 Å². The van der Waals surface area contributed by atoms with Crippen LogP contribution in [0.5, 0.6) is 0 Å². The molecule has 0 radical (unpaired) electrons. The Bertz CT molecular complexity index is 1250. The number of thioether (sulfide) groups is 1. The number of esters is 2. The highest BCUT2D eigenvalue weighted by molar-refractivity contribution is 8.00. The molecule has 0 saturated carbocycles. The topological polar surface area (TPSA) is 232 Å². The molecule has 14 nitrogen and oxygen atoms in total. The minimum atomic E-state index is -4.77. The molecule has 58 heavy (non-hydrogen) atoms. The first-order valence-corrected chi connectivity index (χ1v) is 23.4. The Hall–Kier alpha value is -2.33. The summed E-state index contributed by atoms with van der Waals surface area (Å²) in [6.07, 6.45) is 25.9. The first-order chi connectivity index (χ1) is 27.7. The zero-order valence-electron chi connectivity index (χ0n) is 35.1. The van der Waals surface area contributed by atoms with Crippen LogP contribution in [-0.4, -0.2) is 105 Å². The van der Waals surface area contributed by atoms with Gasteiger partial charge in [0.1, 0.15) is 18.8 Å². The molecule has 7 N–H and O–H groups in total. The fraction of sp³-hybridized carbons (Fsp3) is 0.738. The van der Waals surface area contributed by atoms with E-state index in [1.807, 2.05) is 18.2 Å². The average Bonchev–Trinajstić information content (AvgIpc) is 3.18. The predicted octanol–water partition coefficient (Wildman–Crippen LogP) is 7.34. The first kappa shape index (κ1) is 55.7. The van der Waals surface area contributed by atoms with Gasteiger partial charge in [-0.05, 0) is 44.4 Å². The molecule has 0 rings (SSSR count). The summed E-state index contributed by atoms with van der Waals surface area (Å²) in [5.41, 5.74) is 6.17. The molecule has 0 aromatic heterocycles. The molecule has 1 unspecified atom stereocenters. The lowest BCUT2D eigenvalue weighted by Crippen LogP contribution is -2.40. The number of allylic oxidation sites excluding steroid dienone is 7. The molecule has 6 atom stereocenters. The largest absolute Gasteiger partial charge is 0.481 e. The van der Waals surface area contributed by atoms with Crippen LogP contribution >= 0.6 is 19.6 Å². The Kier molecular flexibility index (Phi) is 35.0. The van der Waals surface area contributed by atoms with Crippen molar-refractivity contribution in [3.63, 3.8) is 0 Å². The van der Waals surface area contributed by atoms with E-state index in [1.165, 1.54) is 50.3 Å². The number of nitrogens with two attached hydrogens (primary N) is 1. The van der Waals surface area contributed by atoms with E-state index in [9.17, 15) is 34.1 Å². The van der Waals surface area contributed by atoms with Gasteiger partial charge in [-0.15, -0.1) is 11.8 Å². The minimum absolute atomic E-state index is 0.0240.